The molecular formula is C21H31FO. The molecule has 0 aromatic heterocycles. The lowest BCUT2D eigenvalue weighted by Crippen LogP contribution is -2.44. The highest BCUT2D eigenvalue weighted by atomic mass is 19.1. The summed E-state index contributed by atoms with van der Waals surface area (Å²) in [7, 11) is 0. The Morgan fingerprint density at radius 3 is 2.17 bits per heavy atom. The third-order valence-corrected chi connectivity index (χ3v) is 4.92. The highest BCUT2D eigenvalue weighted by Gasteiger charge is 2.38. The van der Waals surface area contributed by atoms with Crippen LogP contribution < -0.4 is 4.74 Å². The maximum Gasteiger partial charge on any atom is 0.165 e. The van der Waals surface area contributed by atoms with Crippen molar-refractivity contribution in [3.63, 3.8) is 0 Å². The van der Waals surface area contributed by atoms with Crippen molar-refractivity contribution in [3.8, 4) is 5.75 Å². The van der Waals surface area contributed by atoms with Crippen molar-refractivity contribution < 1.29 is 9.13 Å². The number of hydrogen-bond donors (Lipinski definition) is 0. The van der Waals surface area contributed by atoms with Gasteiger partial charge >= 0.3 is 0 Å². The molecule has 0 fully saturated rings. The highest BCUT2D eigenvalue weighted by Crippen LogP contribution is 2.38. The van der Waals surface area contributed by atoms with Gasteiger partial charge in [-0.3, -0.25) is 0 Å². The van der Waals surface area contributed by atoms with Gasteiger partial charge in [-0.15, -0.1) is 0 Å². The van der Waals surface area contributed by atoms with E-state index >= 15 is 0 Å². The van der Waals surface area contributed by atoms with Gasteiger partial charge in [-0.25, -0.2) is 4.39 Å². The molecule has 1 aromatic rings. The van der Waals surface area contributed by atoms with Crippen LogP contribution in [-0.4, -0.2) is 5.60 Å². The fourth-order valence-electron chi connectivity index (χ4n) is 2.10. The topological polar surface area (TPSA) is 9.23 Å². The summed E-state index contributed by atoms with van der Waals surface area (Å²) >= 11 is 0. The molecule has 0 bridgehead atoms. The minimum absolute atomic E-state index is 0.00960. The van der Waals surface area contributed by atoms with Crippen LogP contribution in [0.25, 0.3) is 0 Å². The second-order valence-electron chi connectivity index (χ2n) is 7.37. The molecule has 0 N–H and O–H groups in total. The van der Waals surface area contributed by atoms with E-state index in [1.165, 1.54) is 11.6 Å². The first-order valence-corrected chi connectivity index (χ1v) is 8.37. The van der Waals surface area contributed by atoms with Gasteiger partial charge in [0.15, 0.2) is 11.6 Å². The lowest BCUT2D eigenvalue weighted by atomic mass is 9.75. The first kappa shape index (κ1) is 19.5. The zero-order chi connectivity index (χ0) is 17.7. The zero-order valence-corrected chi connectivity index (χ0v) is 15.7. The Balaban J connectivity index is 0.000000366. The highest BCUT2D eigenvalue weighted by molar-refractivity contribution is 5.29. The number of halogens is 1. The van der Waals surface area contributed by atoms with E-state index in [0.29, 0.717) is 5.75 Å². The Kier molecular flexibility index (Phi) is 6.61. The summed E-state index contributed by atoms with van der Waals surface area (Å²) in [4.78, 5) is 0. The molecule has 1 aliphatic rings. The van der Waals surface area contributed by atoms with Crippen LogP contribution >= 0.6 is 0 Å². The molecule has 0 saturated heterocycles. The first-order chi connectivity index (χ1) is 10.6. The molecule has 1 aromatic carbocycles. The number of benzene rings is 1. The summed E-state index contributed by atoms with van der Waals surface area (Å²) in [5.41, 5.74) is 1.89. The molecule has 0 saturated carbocycles. The Morgan fingerprint density at radius 1 is 1.13 bits per heavy atom. The van der Waals surface area contributed by atoms with E-state index in [2.05, 4.69) is 45.9 Å². The van der Waals surface area contributed by atoms with Gasteiger partial charge in [-0.05, 0) is 58.2 Å². The van der Waals surface area contributed by atoms with E-state index < -0.39 is 5.60 Å². The number of rotatable bonds is 4. The molecule has 1 aliphatic carbocycles. The fraction of sp³-hybridized carbons (Fsp3) is 0.524. The predicted molar refractivity (Wildman–Crippen MR) is 97.4 cm³/mol. The summed E-state index contributed by atoms with van der Waals surface area (Å²) in [6.07, 6.45) is 8.63. The van der Waals surface area contributed by atoms with Crippen LogP contribution in [0.3, 0.4) is 0 Å². The SMILES string of the molecule is CC1=CCC=C1.CCC(C)(C)C(C)(C)Oc1ccc(C)cc1F. The van der Waals surface area contributed by atoms with Gasteiger partial charge in [-0.2, -0.15) is 0 Å². The van der Waals surface area contributed by atoms with Gasteiger partial charge in [0.05, 0.1) is 0 Å². The number of allylic oxidation sites excluding steroid dienone is 4. The molecule has 0 radical (unpaired) electrons. The predicted octanol–water partition coefficient (Wildman–Crippen LogP) is 6.62. The van der Waals surface area contributed by atoms with Crippen LogP contribution in [0.15, 0.2) is 42.0 Å². The lowest BCUT2D eigenvalue weighted by molar-refractivity contribution is -0.0157. The summed E-state index contributed by atoms with van der Waals surface area (Å²) in [5, 5.41) is 0. The molecule has 23 heavy (non-hydrogen) atoms. The monoisotopic (exact) mass is 318 g/mol. The minimum Gasteiger partial charge on any atom is -0.484 e. The second-order valence-corrected chi connectivity index (χ2v) is 7.37. The first-order valence-electron chi connectivity index (χ1n) is 8.37. The van der Waals surface area contributed by atoms with E-state index in [9.17, 15) is 4.39 Å². The third kappa shape index (κ3) is 5.53. The van der Waals surface area contributed by atoms with E-state index in [-0.39, 0.29) is 11.2 Å². The summed E-state index contributed by atoms with van der Waals surface area (Å²) in [6.45, 7) is 14.4. The molecule has 0 atom stereocenters. The van der Waals surface area contributed by atoms with Gasteiger partial charge in [0.25, 0.3) is 0 Å². The molecule has 2 rings (SSSR count). The number of ether oxygens (including phenoxy) is 1. The van der Waals surface area contributed by atoms with Crippen molar-refractivity contribution in [2.75, 3.05) is 0 Å². The maximum absolute atomic E-state index is 13.7. The normalized spacial score (nSPS) is 14.2. The van der Waals surface area contributed by atoms with Crippen molar-refractivity contribution >= 4 is 0 Å². The molecule has 0 spiro atoms. The molecule has 0 aliphatic heterocycles. The summed E-state index contributed by atoms with van der Waals surface area (Å²) in [6, 6.07) is 5.08. The van der Waals surface area contributed by atoms with Crippen LogP contribution in [0.2, 0.25) is 0 Å². The van der Waals surface area contributed by atoms with Gasteiger partial charge in [0, 0.05) is 5.41 Å². The van der Waals surface area contributed by atoms with Gasteiger partial charge in [0.1, 0.15) is 5.60 Å². The van der Waals surface area contributed by atoms with E-state index in [4.69, 9.17) is 4.74 Å². The van der Waals surface area contributed by atoms with Gasteiger partial charge < -0.3 is 4.74 Å². The van der Waals surface area contributed by atoms with Crippen molar-refractivity contribution in [1.29, 1.82) is 0 Å². The van der Waals surface area contributed by atoms with E-state index in [0.717, 1.165) is 18.4 Å². The fourth-order valence-corrected chi connectivity index (χ4v) is 2.10. The molecular weight excluding hydrogens is 287 g/mol. The number of hydrogen-bond acceptors (Lipinski definition) is 1. The average molecular weight is 318 g/mol. The summed E-state index contributed by atoms with van der Waals surface area (Å²) < 4.78 is 19.6. The quantitative estimate of drug-likeness (QED) is 0.606. The van der Waals surface area contributed by atoms with Crippen molar-refractivity contribution in [2.45, 2.75) is 66.9 Å². The molecule has 2 heteroatoms. The van der Waals surface area contributed by atoms with Crippen molar-refractivity contribution in [3.05, 3.63) is 53.4 Å². The van der Waals surface area contributed by atoms with Gasteiger partial charge in [-0.1, -0.05) is 50.6 Å². The average Bonchev–Trinajstić information content (AvgIpc) is 2.93. The summed E-state index contributed by atoms with van der Waals surface area (Å²) in [5.74, 6) is 0.0482. The largest absolute Gasteiger partial charge is 0.484 e. The lowest BCUT2D eigenvalue weighted by Gasteiger charge is -2.41. The molecule has 128 valence electrons. The standard InChI is InChI=1S/C15H23FO.C6H8/c1-7-14(3,4)15(5,6)17-13-9-8-11(2)10-12(13)16;1-6-4-2-3-5-6/h8-10H,7H2,1-6H3;2,4-5H,3H2,1H3. The maximum atomic E-state index is 13.7. The minimum atomic E-state index is -0.405. The van der Waals surface area contributed by atoms with Crippen LogP contribution in [0.5, 0.6) is 5.75 Å². The molecule has 0 amide bonds. The Hall–Kier alpha value is -1.57. The molecule has 0 unspecified atom stereocenters. The zero-order valence-electron chi connectivity index (χ0n) is 15.7. The molecule has 1 nitrogen and oxygen atoms in total. The van der Waals surface area contributed by atoms with Crippen LogP contribution in [0.1, 0.15) is 59.9 Å². The third-order valence-electron chi connectivity index (χ3n) is 4.92. The van der Waals surface area contributed by atoms with Crippen molar-refractivity contribution in [2.24, 2.45) is 5.41 Å². The second kappa shape index (κ2) is 7.81. The Morgan fingerprint density at radius 2 is 1.78 bits per heavy atom. The van der Waals surface area contributed by atoms with E-state index in [1.54, 1.807) is 6.07 Å². The Labute approximate surface area is 141 Å². The van der Waals surface area contributed by atoms with Crippen LogP contribution in [0, 0.1) is 18.2 Å². The van der Waals surface area contributed by atoms with Crippen LogP contribution in [-0.2, 0) is 0 Å². The smallest absolute Gasteiger partial charge is 0.165 e. The molecule has 0 heterocycles. The van der Waals surface area contributed by atoms with Crippen LogP contribution in [0.4, 0.5) is 4.39 Å². The van der Waals surface area contributed by atoms with Crippen molar-refractivity contribution in [1.82, 2.24) is 0 Å². The Bertz CT molecular complexity index is 577. The van der Waals surface area contributed by atoms with Gasteiger partial charge in [0.2, 0.25) is 0 Å². The van der Waals surface area contributed by atoms with E-state index in [1.807, 2.05) is 26.8 Å². The number of aryl methyl sites for hydroxylation is 1.